The second-order valence-electron chi connectivity index (χ2n) is 3.40. The van der Waals surface area contributed by atoms with Gasteiger partial charge in [-0.25, -0.2) is 4.39 Å². The van der Waals surface area contributed by atoms with E-state index in [2.05, 4.69) is 0 Å². The number of hydrogen-bond donors (Lipinski definition) is 1. The van der Waals surface area contributed by atoms with Crippen LogP contribution in [-0.4, -0.2) is 29.6 Å². The first-order valence-corrected chi connectivity index (χ1v) is 4.61. The number of hydrogen-bond acceptors (Lipinski definition) is 3. The van der Waals surface area contributed by atoms with Gasteiger partial charge in [-0.3, -0.25) is 9.69 Å². The van der Waals surface area contributed by atoms with Crippen molar-refractivity contribution in [1.82, 2.24) is 4.90 Å². The van der Waals surface area contributed by atoms with Crippen molar-refractivity contribution in [1.29, 1.82) is 5.26 Å². The molecule has 1 unspecified atom stereocenters. The van der Waals surface area contributed by atoms with Crippen LogP contribution in [0.15, 0.2) is 24.3 Å². The van der Waals surface area contributed by atoms with Gasteiger partial charge in [-0.05, 0) is 24.7 Å². The van der Waals surface area contributed by atoms with E-state index in [1.165, 1.54) is 30.1 Å². The lowest BCUT2D eigenvalue weighted by Gasteiger charge is -2.20. The molecule has 0 aromatic heterocycles. The fourth-order valence-electron chi connectivity index (χ4n) is 1.41. The lowest BCUT2D eigenvalue weighted by molar-refractivity contribution is -0.138. The van der Waals surface area contributed by atoms with Gasteiger partial charge in [0.15, 0.2) is 0 Å². The SMILES string of the molecule is CN(CC(=O)O)C(C#N)c1cccc(F)c1. The number of rotatable bonds is 4. The lowest BCUT2D eigenvalue weighted by Crippen LogP contribution is -2.29. The van der Waals surface area contributed by atoms with Gasteiger partial charge in [-0.1, -0.05) is 12.1 Å². The van der Waals surface area contributed by atoms with Gasteiger partial charge in [-0.2, -0.15) is 5.26 Å². The van der Waals surface area contributed by atoms with Gasteiger partial charge in [0.05, 0.1) is 12.6 Å². The first-order valence-electron chi connectivity index (χ1n) is 4.61. The first kappa shape index (κ1) is 12.1. The van der Waals surface area contributed by atoms with E-state index in [9.17, 15) is 9.18 Å². The Balaban J connectivity index is 2.91. The standard InChI is InChI=1S/C11H11FN2O2/c1-14(7-11(15)16)10(6-13)8-3-2-4-9(12)5-8/h2-5,10H,7H2,1H3,(H,15,16). The molecule has 0 aliphatic rings. The number of benzene rings is 1. The summed E-state index contributed by atoms with van der Waals surface area (Å²) in [7, 11) is 1.51. The van der Waals surface area contributed by atoms with E-state index in [4.69, 9.17) is 10.4 Å². The maximum atomic E-state index is 12.9. The van der Waals surface area contributed by atoms with E-state index in [1.54, 1.807) is 6.07 Å². The third-order valence-corrected chi connectivity index (χ3v) is 2.11. The van der Waals surface area contributed by atoms with Gasteiger partial charge < -0.3 is 5.11 Å². The highest BCUT2D eigenvalue weighted by Gasteiger charge is 2.18. The van der Waals surface area contributed by atoms with Crippen molar-refractivity contribution in [3.05, 3.63) is 35.6 Å². The molecule has 0 spiro atoms. The minimum Gasteiger partial charge on any atom is -0.480 e. The van der Waals surface area contributed by atoms with Gasteiger partial charge in [0, 0.05) is 0 Å². The summed E-state index contributed by atoms with van der Waals surface area (Å²) >= 11 is 0. The maximum absolute atomic E-state index is 12.9. The molecule has 0 radical (unpaired) electrons. The van der Waals surface area contributed by atoms with Gasteiger partial charge in [0.2, 0.25) is 0 Å². The van der Waals surface area contributed by atoms with Crippen molar-refractivity contribution in [3.8, 4) is 6.07 Å². The van der Waals surface area contributed by atoms with Crippen LogP contribution in [0, 0.1) is 17.1 Å². The Morgan fingerprint density at radius 2 is 2.38 bits per heavy atom. The Bertz CT molecular complexity index is 428. The van der Waals surface area contributed by atoms with E-state index in [0.29, 0.717) is 5.56 Å². The first-order chi connectivity index (χ1) is 7.54. The van der Waals surface area contributed by atoms with Crippen molar-refractivity contribution in [2.45, 2.75) is 6.04 Å². The summed E-state index contributed by atoms with van der Waals surface area (Å²) in [6, 6.07) is 6.77. The summed E-state index contributed by atoms with van der Waals surface area (Å²) in [5, 5.41) is 17.6. The summed E-state index contributed by atoms with van der Waals surface area (Å²) in [6.07, 6.45) is 0. The minimum atomic E-state index is -1.03. The molecule has 1 N–H and O–H groups in total. The van der Waals surface area contributed by atoms with Crippen molar-refractivity contribution < 1.29 is 14.3 Å². The largest absolute Gasteiger partial charge is 0.480 e. The molecule has 84 valence electrons. The molecule has 0 amide bonds. The average molecular weight is 222 g/mol. The summed E-state index contributed by atoms with van der Waals surface area (Å²) in [5.74, 6) is -1.47. The van der Waals surface area contributed by atoms with Crippen LogP contribution in [0.25, 0.3) is 0 Å². The van der Waals surface area contributed by atoms with E-state index in [-0.39, 0.29) is 6.54 Å². The molecule has 0 saturated heterocycles. The summed E-state index contributed by atoms with van der Waals surface area (Å²) < 4.78 is 12.9. The minimum absolute atomic E-state index is 0.269. The summed E-state index contributed by atoms with van der Waals surface area (Å²) in [4.78, 5) is 11.8. The normalized spacial score (nSPS) is 12.1. The quantitative estimate of drug-likeness (QED) is 0.836. The molecule has 1 aromatic rings. The molecule has 0 fully saturated rings. The van der Waals surface area contributed by atoms with E-state index in [1.807, 2.05) is 6.07 Å². The van der Waals surface area contributed by atoms with E-state index in [0.717, 1.165) is 0 Å². The zero-order chi connectivity index (χ0) is 12.1. The Kier molecular flexibility index (Phi) is 3.97. The van der Waals surface area contributed by atoms with Crippen LogP contribution in [0.1, 0.15) is 11.6 Å². The zero-order valence-electron chi connectivity index (χ0n) is 8.72. The van der Waals surface area contributed by atoms with Crippen molar-refractivity contribution in [2.24, 2.45) is 0 Å². The van der Waals surface area contributed by atoms with Gasteiger partial charge in [0.1, 0.15) is 11.9 Å². The van der Waals surface area contributed by atoms with Gasteiger partial charge >= 0.3 is 5.97 Å². The molecule has 1 atom stereocenters. The van der Waals surface area contributed by atoms with Crippen molar-refractivity contribution in [2.75, 3.05) is 13.6 Å². The smallest absolute Gasteiger partial charge is 0.317 e. The molecule has 5 heteroatoms. The monoisotopic (exact) mass is 222 g/mol. The van der Waals surface area contributed by atoms with Crippen molar-refractivity contribution in [3.63, 3.8) is 0 Å². The second kappa shape index (κ2) is 5.24. The molecule has 0 aliphatic heterocycles. The van der Waals surface area contributed by atoms with Crippen LogP contribution in [0.4, 0.5) is 4.39 Å². The van der Waals surface area contributed by atoms with Crippen LogP contribution in [0.3, 0.4) is 0 Å². The molecule has 0 heterocycles. The Morgan fingerprint density at radius 1 is 1.69 bits per heavy atom. The number of halogens is 1. The molecule has 0 saturated carbocycles. The topological polar surface area (TPSA) is 64.3 Å². The molecular formula is C11H11FN2O2. The van der Waals surface area contributed by atoms with Gasteiger partial charge in [0.25, 0.3) is 0 Å². The fraction of sp³-hybridized carbons (Fsp3) is 0.273. The zero-order valence-corrected chi connectivity index (χ0v) is 8.72. The number of carboxylic acids is 1. The second-order valence-corrected chi connectivity index (χ2v) is 3.40. The van der Waals surface area contributed by atoms with Crippen LogP contribution in [0.5, 0.6) is 0 Å². The number of nitrogens with zero attached hydrogens (tertiary/aromatic N) is 2. The number of aliphatic carboxylic acids is 1. The average Bonchev–Trinajstić information content (AvgIpc) is 2.17. The molecule has 4 nitrogen and oxygen atoms in total. The van der Waals surface area contributed by atoms with Crippen LogP contribution < -0.4 is 0 Å². The third-order valence-electron chi connectivity index (χ3n) is 2.11. The number of carboxylic acid groups (broad SMARTS) is 1. The fourth-order valence-corrected chi connectivity index (χ4v) is 1.41. The van der Waals surface area contributed by atoms with Crippen LogP contribution in [0.2, 0.25) is 0 Å². The molecule has 0 aliphatic carbocycles. The predicted octanol–water partition coefficient (Wildman–Crippen LogP) is 1.41. The van der Waals surface area contributed by atoms with Crippen LogP contribution >= 0.6 is 0 Å². The predicted molar refractivity (Wildman–Crippen MR) is 55.0 cm³/mol. The molecular weight excluding hydrogens is 211 g/mol. The Hall–Kier alpha value is -1.93. The summed E-state index contributed by atoms with van der Waals surface area (Å²) in [5.41, 5.74) is 0.450. The van der Waals surface area contributed by atoms with E-state index < -0.39 is 17.8 Å². The lowest BCUT2D eigenvalue weighted by atomic mass is 10.1. The van der Waals surface area contributed by atoms with E-state index >= 15 is 0 Å². The number of nitriles is 1. The Labute approximate surface area is 92.5 Å². The molecule has 16 heavy (non-hydrogen) atoms. The molecule has 0 bridgehead atoms. The highest BCUT2D eigenvalue weighted by Crippen LogP contribution is 2.18. The number of carbonyl (C=O) groups is 1. The van der Waals surface area contributed by atoms with Crippen molar-refractivity contribution >= 4 is 5.97 Å². The maximum Gasteiger partial charge on any atom is 0.317 e. The summed E-state index contributed by atoms with van der Waals surface area (Å²) in [6.45, 7) is -0.269. The highest BCUT2D eigenvalue weighted by atomic mass is 19.1. The molecule has 1 aromatic carbocycles. The highest BCUT2D eigenvalue weighted by molar-refractivity contribution is 5.69. The number of likely N-dealkylation sites (N-methyl/N-ethyl adjacent to an activating group) is 1. The van der Waals surface area contributed by atoms with Gasteiger partial charge in [-0.15, -0.1) is 0 Å². The molecule has 1 rings (SSSR count). The Morgan fingerprint density at radius 3 is 2.88 bits per heavy atom. The van der Waals surface area contributed by atoms with Crippen LogP contribution in [-0.2, 0) is 4.79 Å². The third kappa shape index (κ3) is 3.04.